The first kappa shape index (κ1) is 24.3. The van der Waals surface area contributed by atoms with Crippen molar-refractivity contribution in [1.82, 2.24) is 14.5 Å². The Hall–Kier alpha value is -4.40. The summed E-state index contributed by atoms with van der Waals surface area (Å²) in [4.78, 5) is 35.2. The van der Waals surface area contributed by atoms with Crippen LogP contribution in [-0.2, 0) is 7.05 Å². The quantitative estimate of drug-likeness (QED) is 0.385. The van der Waals surface area contributed by atoms with Crippen LogP contribution in [0.1, 0.15) is 46.1 Å². The van der Waals surface area contributed by atoms with Crippen molar-refractivity contribution in [2.24, 2.45) is 7.05 Å². The number of aromatic nitrogens is 3. The predicted molar refractivity (Wildman–Crippen MR) is 140 cm³/mol. The van der Waals surface area contributed by atoms with Crippen molar-refractivity contribution < 1.29 is 19.0 Å². The number of amides is 1. The minimum Gasteiger partial charge on any atom is -0.491 e. The average molecular weight is 501 g/mol. The van der Waals surface area contributed by atoms with Crippen molar-refractivity contribution in [2.75, 3.05) is 19.5 Å². The van der Waals surface area contributed by atoms with Gasteiger partial charge in [-0.05, 0) is 56.9 Å². The molecule has 1 amide bonds. The van der Waals surface area contributed by atoms with E-state index in [1.165, 1.54) is 14.2 Å². The molecule has 1 saturated carbocycles. The number of rotatable bonds is 7. The van der Waals surface area contributed by atoms with E-state index >= 15 is 0 Å². The van der Waals surface area contributed by atoms with Crippen molar-refractivity contribution in [1.29, 1.82) is 0 Å². The van der Waals surface area contributed by atoms with E-state index in [4.69, 9.17) is 14.2 Å². The van der Waals surface area contributed by atoms with Gasteiger partial charge in [0.25, 0.3) is 11.8 Å². The highest BCUT2D eigenvalue weighted by molar-refractivity contribution is 6.05. The summed E-state index contributed by atoms with van der Waals surface area (Å²) in [6.07, 6.45) is 3.61. The van der Waals surface area contributed by atoms with E-state index in [1.54, 1.807) is 49.5 Å². The normalized spacial score (nSPS) is 12.9. The molecule has 1 aliphatic rings. The molecule has 3 aromatic heterocycles. The van der Waals surface area contributed by atoms with Crippen LogP contribution in [0.5, 0.6) is 23.1 Å². The number of hydrogen-bond donors (Lipinski definition) is 1. The molecule has 0 saturated heterocycles. The van der Waals surface area contributed by atoms with Crippen molar-refractivity contribution in [3.05, 3.63) is 75.3 Å². The molecule has 5 rings (SSSR count). The third kappa shape index (κ3) is 4.48. The van der Waals surface area contributed by atoms with E-state index in [9.17, 15) is 9.59 Å². The van der Waals surface area contributed by atoms with Crippen LogP contribution < -0.4 is 25.0 Å². The number of carbonyl (C=O) groups is 1. The van der Waals surface area contributed by atoms with Gasteiger partial charge in [0.2, 0.25) is 0 Å². The summed E-state index contributed by atoms with van der Waals surface area (Å²) < 4.78 is 18.6. The van der Waals surface area contributed by atoms with E-state index in [0.29, 0.717) is 45.5 Å². The molecule has 190 valence electrons. The molecule has 0 bridgehead atoms. The predicted octanol–water partition coefficient (Wildman–Crippen LogP) is 4.88. The molecule has 4 aromatic rings. The lowest BCUT2D eigenvalue weighted by atomic mass is 10.0. The molecular weight excluding hydrogens is 472 g/mol. The molecule has 9 nitrogen and oxygen atoms in total. The Balaban J connectivity index is 1.38. The van der Waals surface area contributed by atoms with Crippen LogP contribution in [0.15, 0.2) is 47.4 Å². The zero-order valence-corrected chi connectivity index (χ0v) is 21.4. The Bertz CT molecular complexity index is 1570. The lowest BCUT2D eigenvalue weighted by molar-refractivity contribution is 0.102. The second-order valence-electron chi connectivity index (χ2n) is 9.08. The second kappa shape index (κ2) is 9.57. The van der Waals surface area contributed by atoms with Crippen molar-refractivity contribution >= 4 is 22.6 Å². The largest absolute Gasteiger partial charge is 0.491 e. The molecule has 37 heavy (non-hydrogen) atoms. The van der Waals surface area contributed by atoms with Crippen molar-refractivity contribution in [2.45, 2.75) is 32.6 Å². The zero-order chi connectivity index (χ0) is 26.3. The van der Waals surface area contributed by atoms with Crippen LogP contribution in [0.4, 0.5) is 5.69 Å². The maximum Gasteiger partial charge on any atom is 0.261 e. The first-order valence-corrected chi connectivity index (χ1v) is 12.0. The lowest BCUT2D eigenvalue weighted by Crippen LogP contribution is -2.29. The highest BCUT2D eigenvalue weighted by Crippen LogP contribution is 2.40. The van der Waals surface area contributed by atoms with Gasteiger partial charge in [0.05, 0.1) is 19.7 Å². The fourth-order valence-electron chi connectivity index (χ4n) is 4.50. The van der Waals surface area contributed by atoms with Crippen LogP contribution in [-0.4, -0.2) is 34.7 Å². The van der Waals surface area contributed by atoms with E-state index in [-0.39, 0.29) is 16.9 Å². The maximum absolute atomic E-state index is 13.2. The van der Waals surface area contributed by atoms with E-state index in [1.807, 2.05) is 18.5 Å². The monoisotopic (exact) mass is 500 g/mol. The zero-order valence-electron chi connectivity index (χ0n) is 21.4. The van der Waals surface area contributed by atoms with E-state index < -0.39 is 5.91 Å². The summed E-state index contributed by atoms with van der Waals surface area (Å²) >= 11 is 0. The number of carbonyl (C=O) groups excluding carboxylic acids is 1. The van der Waals surface area contributed by atoms with Gasteiger partial charge in [-0.25, -0.2) is 4.98 Å². The molecule has 0 radical (unpaired) electrons. The smallest absolute Gasteiger partial charge is 0.261 e. The first-order chi connectivity index (χ1) is 17.8. The second-order valence-corrected chi connectivity index (χ2v) is 9.08. The molecule has 3 heterocycles. The van der Waals surface area contributed by atoms with E-state index in [0.717, 1.165) is 24.1 Å². The van der Waals surface area contributed by atoms with Gasteiger partial charge in [0.1, 0.15) is 16.8 Å². The topological polar surface area (TPSA) is 105 Å². The SMILES string of the molecule is COc1cc2nccc(Oc3ccc(NC(=O)c4c(C)n(C)c(C)c(C5CC5)c4=O)cc3)c2nc1OC. The Labute approximate surface area is 214 Å². The van der Waals surface area contributed by atoms with Gasteiger partial charge in [-0.3, -0.25) is 14.6 Å². The summed E-state index contributed by atoms with van der Waals surface area (Å²) in [5, 5.41) is 2.86. The van der Waals surface area contributed by atoms with Gasteiger partial charge in [-0.2, -0.15) is 0 Å². The van der Waals surface area contributed by atoms with Gasteiger partial charge < -0.3 is 24.1 Å². The summed E-state index contributed by atoms with van der Waals surface area (Å²) in [7, 11) is 4.94. The van der Waals surface area contributed by atoms with Gasteiger partial charge >= 0.3 is 0 Å². The lowest BCUT2D eigenvalue weighted by Gasteiger charge is -2.17. The number of nitrogens with zero attached hydrogens (tertiary/aromatic N) is 3. The number of nitrogens with one attached hydrogen (secondary N) is 1. The third-order valence-corrected chi connectivity index (χ3v) is 6.80. The molecule has 0 aliphatic heterocycles. The Morgan fingerprint density at radius 3 is 2.41 bits per heavy atom. The van der Waals surface area contributed by atoms with Gasteiger partial charge in [0.15, 0.2) is 16.9 Å². The van der Waals surface area contributed by atoms with Crippen LogP contribution in [0.2, 0.25) is 0 Å². The minimum atomic E-state index is -0.418. The maximum atomic E-state index is 13.2. The Morgan fingerprint density at radius 2 is 1.76 bits per heavy atom. The summed E-state index contributed by atoms with van der Waals surface area (Å²) in [6, 6.07) is 10.4. The average Bonchev–Trinajstić information content (AvgIpc) is 3.73. The molecule has 0 spiro atoms. The number of anilines is 1. The number of benzene rings is 1. The van der Waals surface area contributed by atoms with E-state index in [2.05, 4.69) is 15.3 Å². The number of fused-ring (bicyclic) bond motifs is 1. The van der Waals surface area contributed by atoms with Crippen LogP contribution in [0, 0.1) is 13.8 Å². The molecular formula is C28H28N4O5. The molecule has 1 N–H and O–H groups in total. The molecule has 9 heteroatoms. The van der Waals surface area contributed by atoms with Gasteiger partial charge in [0, 0.05) is 48.0 Å². The summed E-state index contributed by atoms with van der Waals surface area (Å²) in [5.41, 5.74) is 4.03. The molecule has 0 atom stereocenters. The fraction of sp³-hybridized carbons (Fsp3) is 0.286. The Kier molecular flexibility index (Phi) is 6.29. The molecule has 1 fully saturated rings. The summed E-state index contributed by atoms with van der Waals surface area (Å²) in [6.45, 7) is 3.74. The molecule has 1 aliphatic carbocycles. The Morgan fingerprint density at radius 1 is 1.03 bits per heavy atom. The molecule has 1 aromatic carbocycles. The van der Waals surface area contributed by atoms with Crippen LogP contribution >= 0.6 is 0 Å². The third-order valence-electron chi connectivity index (χ3n) is 6.80. The van der Waals surface area contributed by atoms with Gasteiger partial charge in [-0.15, -0.1) is 0 Å². The van der Waals surface area contributed by atoms with Crippen LogP contribution in [0.25, 0.3) is 11.0 Å². The standard InChI is InChI=1S/C28H28N4O5/c1-15-23(17-6-7-17)26(33)24(16(2)32(15)3)27(34)30-18-8-10-19(11-9-18)37-21-12-13-29-20-14-22(35-4)28(36-5)31-25(20)21/h8-14,17H,6-7H2,1-5H3,(H,30,34). The first-order valence-electron chi connectivity index (χ1n) is 12.0. The number of ether oxygens (including phenoxy) is 3. The van der Waals surface area contributed by atoms with Crippen molar-refractivity contribution in [3.63, 3.8) is 0 Å². The highest BCUT2D eigenvalue weighted by atomic mass is 16.5. The van der Waals surface area contributed by atoms with Crippen LogP contribution in [0.3, 0.4) is 0 Å². The molecule has 0 unspecified atom stereocenters. The summed E-state index contributed by atoms with van der Waals surface area (Å²) in [5.74, 6) is 1.67. The number of pyridine rings is 3. The minimum absolute atomic E-state index is 0.169. The highest BCUT2D eigenvalue weighted by Gasteiger charge is 2.32. The fourth-order valence-corrected chi connectivity index (χ4v) is 4.50. The number of hydrogen-bond acceptors (Lipinski definition) is 7. The van der Waals surface area contributed by atoms with Gasteiger partial charge in [-0.1, -0.05) is 0 Å². The van der Waals surface area contributed by atoms with Crippen molar-refractivity contribution in [3.8, 4) is 23.1 Å². The number of methoxy groups -OCH3 is 2.